The number of amides is 1. The monoisotopic (exact) mass is 423 g/mol. The molecule has 0 atom stereocenters. The number of hydrogen-bond donors (Lipinski definition) is 1. The Bertz CT molecular complexity index is 439. The predicted octanol–water partition coefficient (Wildman–Crippen LogP) is 2.64. The van der Waals surface area contributed by atoms with Crippen molar-refractivity contribution >= 4 is 49.1 Å². The van der Waals surface area contributed by atoms with Crippen molar-refractivity contribution in [3.8, 4) is 0 Å². The molecule has 0 unspecified atom stereocenters. The average molecular weight is 425 g/mol. The molecule has 1 fully saturated rings. The lowest BCUT2D eigenvalue weighted by molar-refractivity contribution is 0.0953. The van der Waals surface area contributed by atoms with Crippen molar-refractivity contribution in [2.45, 2.75) is 6.42 Å². The van der Waals surface area contributed by atoms with Gasteiger partial charge in [0.1, 0.15) is 0 Å². The summed E-state index contributed by atoms with van der Waals surface area (Å²) in [6.07, 6.45) is 1.00. The van der Waals surface area contributed by atoms with E-state index in [1.165, 1.54) is 11.3 Å². The van der Waals surface area contributed by atoms with Crippen LogP contribution in [0.4, 0.5) is 0 Å². The minimum absolute atomic E-state index is 0.0137. The maximum Gasteiger partial charge on any atom is 0.261 e. The number of piperazine rings is 1. The summed E-state index contributed by atoms with van der Waals surface area (Å²) in [7, 11) is 2.16. The van der Waals surface area contributed by atoms with Gasteiger partial charge >= 0.3 is 0 Å². The molecule has 1 N–H and O–H groups in total. The van der Waals surface area contributed by atoms with E-state index in [-0.39, 0.29) is 5.91 Å². The van der Waals surface area contributed by atoms with E-state index < -0.39 is 0 Å². The molecule has 1 aromatic rings. The largest absolute Gasteiger partial charge is 0.351 e. The molecule has 0 aliphatic carbocycles. The van der Waals surface area contributed by atoms with Crippen LogP contribution in [0.15, 0.2) is 14.3 Å². The van der Waals surface area contributed by atoms with Gasteiger partial charge in [-0.05, 0) is 57.9 Å². The van der Waals surface area contributed by atoms with Gasteiger partial charge in [-0.25, -0.2) is 0 Å². The van der Waals surface area contributed by atoms with Crippen LogP contribution in [0.3, 0.4) is 0 Å². The molecule has 1 aromatic heterocycles. The molecule has 0 aromatic carbocycles. The zero-order valence-corrected chi connectivity index (χ0v) is 15.5. The highest BCUT2D eigenvalue weighted by Crippen LogP contribution is 2.32. The van der Waals surface area contributed by atoms with Crippen LogP contribution in [0.5, 0.6) is 0 Å². The van der Waals surface area contributed by atoms with E-state index in [2.05, 4.69) is 54.0 Å². The number of likely N-dealkylation sites (N-methyl/N-ethyl adjacent to an activating group) is 1. The van der Waals surface area contributed by atoms with Crippen LogP contribution in [0.2, 0.25) is 0 Å². The summed E-state index contributed by atoms with van der Waals surface area (Å²) in [6, 6.07) is 1.85. The quantitative estimate of drug-likeness (QED) is 0.738. The van der Waals surface area contributed by atoms with Crippen molar-refractivity contribution in [3.63, 3.8) is 0 Å². The van der Waals surface area contributed by atoms with Gasteiger partial charge in [-0.2, -0.15) is 0 Å². The Kier molecular flexibility index (Phi) is 6.48. The second kappa shape index (κ2) is 7.89. The van der Waals surface area contributed by atoms with Crippen molar-refractivity contribution in [1.29, 1.82) is 0 Å². The third kappa shape index (κ3) is 4.80. The zero-order valence-electron chi connectivity index (χ0n) is 11.5. The van der Waals surface area contributed by atoms with Gasteiger partial charge in [-0.15, -0.1) is 11.3 Å². The molecule has 1 amide bonds. The topological polar surface area (TPSA) is 35.6 Å². The molecule has 1 aliphatic heterocycles. The molecular formula is C13H19Br2N3OS. The number of carbonyl (C=O) groups is 1. The minimum Gasteiger partial charge on any atom is -0.351 e. The van der Waals surface area contributed by atoms with E-state index in [1.807, 2.05) is 6.07 Å². The second-order valence-electron chi connectivity index (χ2n) is 4.99. The Balaban J connectivity index is 1.64. The SMILES string of the molecule is CN1CCN(CCCNC(=O)c2cc(Br)c(Br)s2)CC1. The molecule has 0 radical (unpaired) electrons. The fraction of sp³-hybridized carbons (Fsp3) is 0.615. The lowest BCUT2D eigenvalue weighted by atomic mass is 10.3. The number of rotatable bonds is 5. The van der Waals surface area contributed by atoms with Gasteiger partial charge in [0.05, 0.1) is 8.66 Å². The number of halogens is 2. The Labute approximate surface area is 140 Å². The summed E-state index contributed by atoms with van der Waals surface area (Å²) >= 11 is 8.25. The molecule has 4 nitrogen and oxygen atoms in total. The van der Waals surface area contributed by atoms with Crippen molar-refractivity contribution in [2.24, 2.45) is 0 Å². The van der Waals surface area contributed by atoms with E-state index >= 15 is 0 Å². The number of hydrogen-bond acceptors (Lipinski definition) is 4. The molecule has 2 rings (SSSR count). The third-order valence-electron chi connectivity index (χ3n) is 3.40. The third-order valence-corrected chi connectivity index (χ3v) is 6.66. The molecule has 0 saturated carbocycles. The van der Waals surface area contributed by atoms with Gasteiger partial charge in [-0.1, -0.05) is 0 Å². The molecule has 2 heterocycles. The molecule has 1 aliphatic rings. The van der Waals surface area contributed by atoms with Gasteiger partial charge in [0.2, 0.25) is 0 Å². The molecule has 0 bridgehead atoms. The Hall–Kier alpha value is 0.0500. The van der Waals surface area contributed by atoms with Gasteiger partial charge in [0.15, 0.2) is 0 Å². The number of nitrogens with one attached hydrogen (secondary N) is 1. The predicted molar refractivity (Wildman–Crippen MR) is 90.6 cm³/mol. The lowest BCUT2D eigenvalue weighted by Crippen LogP contribution is -2.45. The summed E-state index contributed by atoms with van der Waals surface area (Å²) in [5.74, 6) is 0.0137. The van der Waals surface area contributed by atoms with Gasteiger partial charge in [0.25, 0.3) is 5.91 Å². The van der Waals surface area contributed by atoms with Crippen LogP contribution in [0, 0.1) is 0 Å². The van der Waals surface area contributed by atoms with E-state index in [4.69, 9.17) is 0 Å². The minimum atomic E-state index is 0.0137. The molecular weight excluding hydrogens is 406 g/mol. The Morgan fingerprint density at radius 3 is 2.65 bits per heavy atom. The van der Waals surface area contributed by atoms with Crippen molar-refractivity contribution < 1.29 is 4.79 Å². The maximum absolute atomic E-state index is 11.9. The first-order valence-electron chi connectivity index (χ1n) is 6.70. The number of carbonyl (C=O) groups excluding carboxylic acids is 1. The second-order valence-corrected chi connectivity index (χ2v) is 8.21. The standard InChI is InChI=1S/C13H19Br2N3OS/c1-17-5-7-18(8-6-17)4-2-3-16-13(19)11-9-10(14)12(15)20-11/h9H,2-8H2,1H3,(H,16,19). The molecule has 20 heavy (non-hydrogen) atoms. The zero-order chi connectivity index (χ0) is 14.5. The summed E-state index contributed by atoms with van der Waals surface area (Å²) in [5, 5.41) is 2.98. The molecule has 1 saturated heterocycles. The van der Waals surface area contributed by atoms with Gasteiger partial charge in [0, 0.05) is 37.2 Å². The van der Waals surface area contributed by atoms with E-state index in [9.17, 15) is 4.79 Å². The molecule has 112 valence electrons. The fourth-order valence-electron chi connectivity index (χ4n) is 2.12. The van der Waals surface area contributed by atoms with E-state index in [1.54, 1.807) is 0 Å². The first kappa shape index (κ1) is 16.4. The first-order chi connectivity index (χ1) is 9.56. The van der Waals surface area contributed by atoms with Crippen LogP contribution in [-0.2, 0) is 0 Å². The maximum atomic E-state index is 11.9. The molecule has 0 spiro atoms. The highest BCUT2D eigenvalue weighted by atomic mass is 79.9. The Morgan fingerprint density at radius 1 is 1.35 bits per heavy atom. The van der Waals surface area contributed by atoms with Crippen LogP contribution in [-0.4, -0.2) is 62.0 Å². The average Bonchev–Trinajstić information content (AvgIpc) is 2.77. The van der Waals surface area contributed by atoms with Crippen LogP contribution >= 0.6 is 43.2 Å². The van der Waals surface area contributed by atoms with Crippen LogP contribution in [0.25, 0.3) is 0 Å². The summed E-state index contributed by atoms with van der Waals surface area (Å²) in [4.78, 5) is 17.5. The molecule has 7 heteroatoms. The highest BCUT2D eigenvalue weighted by molar-refractivity contribution is 9.13. The smallest absolute Gasteiger partial charge is 0.261 e. The van der Waals surface area contributed by atoms with Gasteiger partial charge < -0.3 is 15.1 Å². The van der Waals surface area contributed by atoms with Crippen molar-refractivity contribution in [2.75, 3.05) is 46.3 Å². The normalized spacial score (nSPS) is 17.4. The van der Waals surface area contributed by atoms with Crippen molar-refractivity contribution in [3.05, 3.63) is 19.2 Å². The summed E-state index contributed by atoms with van der Waals surface area (Å²) < 4.78 is 1.89. The van der Waals surface area contributed by atoms with Crippen molar-refractivity contribution in [1.82, 2.24) is 15.1 Å². The fourth-order valence-corrected chi connectivity index (χ4v) is 4.07. The van der Waals surface area contributed by atoms with Gasteiger partial charge in [-0.3, -0.25) is 4.79 Å². The lowest BCUT2D eigenvalue weighted by Gasteiger charge is -2.32. The van der Waals surface area contributed by atoms with Crippen LogP contribution < -0.4 is 5.32 Å². The highest BCUT2D eigenvalue weighted by Gasteiger charge is 2.14. The Morgan fingerprint density at radius 2 is 2.05 bits per heavy atom. The van der Waals surface area contributed by atoms with E-state index in [0.717, 1.165) is 58.8 Å². The number of nitrogens with zero attached hydrogens (tertiary/aromatic N) is 2. The first-order valence-corrected chi connectivity index (χ1v) is 9.10. The summed E-state index contributed by atoms with van der Waals surface area (Å²) in [6.45, 7) is 6.35. The van der Waals surface area contributed by atoms with Crippen LogP contribution in [0.1, 0.15) is 16.1 Å². The van der Waals surface area contributed by atoms with E-state index in [0.29, 0.717) is 0 Å². The summed E-state index contributed by atoms with van der Waals surface area (Å²) in [5.41, 5.74) is 0. The number of thiophene rings is 1.